The van der Waals surface area contributed by atoms with Crippen LogP contribution >= 0.6 is 11.8 Å². The van der Waals surface area contributed by atoms with Gasteiger partial charge in [0.2, 0.25) is 0 Å². The Bertz CT molecular complexity index is 1180. The minimum atomic E-state index is -0.240. The Labute approximate surface area is 500 Å². The first-order chi connectivity index (χ1) is 41.2. The van der Waals surface area contributed by atoms with E-state index in [-0.39, 0.29) is 18.7 Å². The second kappa shape index (κ2) is 76.9. The lowest BCUT2D eigenvalue weighted by molar-refractivity contribution is -0.144. The predicted molar refractivity (Wildman–Crippen MR) is 305 cm³/mol. The summed E-state index contributed by atoms with van der Waals surface area (Å²) < 4.78 is 141. The number of rotatable bonds is 77. The van der Waals surface area contributed by atoms with Gasteiger partial charge in [0.1, 0.15) is 6.61 Å². The van der Waals surface area contributed by atoms with Crippen molar-refractivity contribution in [1.82, 2.24) is 0 Å². The molecule has 0 bridgehead atoms. The van der Waals surface area contributed by atoms with Crippen molar-refractivity contribution in [2.45, 2.75) is 12.5 Å². The van der Waals surface area contributed by atoms with Crippen LogP contribution in [0.2, 0.25) is 0 Å². The van der Waals surface area contributed by atoms with E-state index in [0.29, 0.717) is 316 Å². The van der Waals surface area contributed by atoms with E-state index in [1.807, 2.05) is 0 Å². The molecular weight excluding hydrogens is 1120 g/mol. The normalized spacial score (nSPS) is 12.1. The summed E-state index contributed by atoms with van der Waals surface area (Å²) in [5.41, 5.74) is 0. The van der Waals surface area contributed by atoms with Crippen molar-refractivity contribution in [3.8, 4) is 0 Å². The summed E-state index contributed by atoms with van der Waals surface area (Å²) in [7, 11) is 4.93. The number of ether oxygens (including phenoxy) is 26. The molecule has 1 atom stereocenters. The molecule has 0 heterocycles. The minimum absolute atomic E-state index is 0.0209. The third-order valence-electron chi connectivity index (χ3n) is 10.2. The van der Waals surface area contributed by atoms with Crippen molar-refractivity contribution in [3.05, 3.63) is 0 Å². The summed E-state index contributed by atoms with van der Waals surface area (Å²) in [6.45, 7) is 22.6. The standard InChI is InChI=1S/C55H110O27S/c1-57-5-6-60-7-8-61-9-10-62-11-12-63-13-14-64-15-16-65-17-18-66-19-20-67-21-22-68-23-24-69-25-26-70-27-28-71-29-30-72-31-32-73-33-34-74-35-36-75-37-38-76-39-40-77-41-42-78-43-44-79-45-46-80-47-48-81-49-50-82-55(56)4-51-83-53-54(59-3)52-58-2/h54H,4-53H2,1-3H3. The number of thioether (sulfide) groups is 1. The zero-order chi connectivity index (χ0) is 59.6. The van der Waals surface area contributed by atoms with Crippen LogP contribution in [0.4, 0.5) is 0 Å². The fraction of sp³-hybridized carbons (Fsp3) is 0.982. The lowest BCUT2D eigenvalue weighted by Crippen LogP contribution is -2.20. The molecule has 83 heavy (non-hydrogen) atoms. The van der Waals surface area contributed by atoms with E-state index in [4.69, 9.17) is 123 Å². The SMILES string of the molecule is COCCOCCOCCOCCOCCOCCOCCOCCOCCOCCOCCOCCOCCOCCOCCOCCOCCOCCOCCOCCOCCOCCOCCOC(=O)CCSCC(COC)OC. The lowest BCUT2D eigenvalue weighted by atomic mass is 10.4. The topological polar surface area (TPSA) is 257 Å². The fourth-order valence-electron chi connectivity index (χ4n) is 5.89. The molecule has 0 aliphatic heterocycles. The molecule has 0 saturated carbocycles. The van der Waals surface area contributed by atoms with Gasteiger partial charge in [0.25, 0.3) is 0 Å². The number of carbonyl (C=O) groups is 1. The summed E-state index contributed by atoms with van der Waals surface area (Å²) in [4.78, 5) is 11.8. The maximum absolute atomic E-state index is 11.8. The predicted octanol–water partition coefficient (Wildman–Crippen LogP) is 1.33. The zero-order valence-electron chi connectivity index (χ0n) is 50.9. The van der Waals surface area contributed by atoms with Crippen molar-refractivity contribution in [2.75, 3.05) is 343 Å². The van der Waals surface area contributed by atoms with Crippen LogP contribution in [0.1, 0.15) is 6.42 Å². The first-order valence-corrected chi connectivity index (χ1v) is 30.3. The highest BCUT2D eigenvalue weighted by atomic mass is 32.2. The molecule has 0 N–H and O–H groups in total. The second-order valence-electron chi connectivity index (χ2n) is 16.8. The summed E-state index contributed by atoms with van der Waals surface area (Å²) in [5, 5.41) is 0. The number of carbonyl (C=O) groups excluding carboxylic acids is 1. The molecule has 0 fully saturated rings. The maximum Gasteiger partial charge on any atom is 0.306 e. The minimum Gasteiger partial charge on any atom is -0.463 e. The van der Waals surface area contributed by atoms with Gasteiger partial charge in [-0.2, -0.15) is 11.8 Å². The van der Waals surface area contributed by atoms with E-state index < -0.39 is 0 Å². The van der Waals surface area contributed by atoms with Crippen molar-refractivity contribution >= 4 is 17.7 Å². The molecular formula is C55H110O27S. The Balaban J connectivity index is 3.11. The summed E-state index contributed by atoms with van der Waals surface area (Å²) in [6.07, 6.45) is 0.367. The van der Waals surface area contributed by atoms with Crippen LogP contribution in [-0.4, -0.2) is 355 Å². The molecule has 0 amide bonds. The zero-order valence-corrected chi connectivity index (χ0v) is 51.7. The van der Waals surface area contributed by atoms with E-state index >= 15 is 0 Å². The number of hydrogen-bond donors (Lipinski definition) is 0. The van der Waals surface area contributed by atoms with E-state index in [9.17, 15) is 4.79 Å². The van der Waals surface area contributed by atoms with E-state index in [2.05, 4.69) is 0 Å². The van der Waals surface area contributed by atoms with Gasteiger partial charge in [-0.05, 0) is 0 Å². The first kappa shape index (κ1) is 81.8. The van der Waals surface area contributed by atoms with Crippen LogP contribution in [0.25, 0.3) is 0 Å². The highest BCUT2D eigenvalue weighted by Gasteiger charge is 2.09. The Morgan fingerprint density at radius 3 is 0.602 bits per heavy atom. The summed E-state index contributed by atoms with van der Waals surface area (Å²) in [5.74, 6) is 1.20. The molecule has 0 spiro atoms. The Hall–Kier alpha value is -1.18. The summed E-state index contributed by atoms with van der Waals surface area (Å²) >= 11 is 1.63. The van der Waals surface area contributed by atoms with Gasteiger partial charge in [-0.15, -0.1) is 0 Å². The molecule has 498 valence electrons. The number of hydrogen-bond acceptors (Lipinski definition) is 28. The molecule has 27 nitrogen and oxygen atoms in total. The number of methoxy groups -OCH3 is 3. The van der Waals surface area contributed by atoms with Crippen LogP contribution in [0.3, 0.4) is 0 Å². The van der Waals surface area contributed by atoms with Crippen LogP contribution in [-0.2, 0) is 128 Å². The monoisotopic (exact) mass is 1230 g/mol. The van der Waals surface area contributed by atoms with Gasteiger partial charge in [-0.3, -0.25) is 4.79 Å². The molecule has 1 unspecified atom stereocenters. The molecule has 28 heteroatoms. The second-order valence-corrected chi connectivity index (χ2v) is 18.0. The average molecular weight is 1240 g/mol. The smallest absolute Gasteiger partial charge is 0.306 e. The van der Waals surface area contributed by atoms with Crippen LogP contribution in [0.15, 0.2) is 0 Å². The molecule has 0 radical (unpaired) electrons. The molecule has 0 saturated heterocycles. The van der Waals surface area contributed by atoms with E-state index in [1.165, 1.54) is 0 Å². The first-order valence-electron chi connectivity index (χ1n) is 29.2. The van der Waals surface area contributed by atoms with Crippen LogP contribution < -0.4 is 0 Å². The molecule has 0 rings (SSSR count). The molecule has 0 aromatic heterocycles. The fourth-order valence-corrected chi connectivity index (χ4v) is 6.86. The summed E-state index contributed by atoms with van der Waals surface area (Å²) in [6, 6.07) is 0. The Morgan fingerprint density at radius 1 is 0.253 bits per heavy atom. The van der Waals surface area contributed by atoms with Gasteiger partial charge in [-0.1, -0.05) is 0 Å². The Morgan fingerprint density at radius 2 is 0.434 bits per heavy atom. The molecule has 0 aliphatic carbocycles. The highest BCUT2D eigenvalue weighted by molar-refractivity contribution is 7.99. The van der Waals surface area contributed by atoms with Gasteiger partial charge >= 0.3 is 5.97 Å². The third kappa shape index (κ3) is 75.0. The molecule has 0 aliphatic rings. The van der Waals surface area contributed by atoms with E-state index in [0.717, 1.165) is 5.75 Å². The molecule has 0 aromatic rings. The lowest BCUT2D eigenvalue weighted by Gasteiger charge is -2.13. The van der Waals surface area contributed by atoms with Crippen molar-refractivity contribution in [3.63, 3.8) is 0 Å². The van der Waals surface area contributed by atoms with Crippen LogP contribution in [0, 0.1) is 0 Å². The van der Waals surface area contributed by atoms with Gasteiger partial charge in [0.05, 0.1) is 316 Å². The van der Waals surface area contributed by atoms with Crippen molar-refractivity contribution in [2.24, 2.45) is 0 Å². The maximum atomic E-state index is 11.8. The average Bonchev–Trinajstić information content (AvgIpc) is 3.49. The van der Waals surface area contributed by atoms with Gasteiger partial charge in [0, 0.05) is 32.8 Å². The van der Waals surface area contributed by atoms with Crippen molar-refractivity contribution < 1.29 is 128 Å². The molecule has 0 aromatic carbocycles. The van der Waals surface area contributed by atoms with Crippen LogP contribution in [0.5, 0.6) is 0 Å². The largest absolute Gasteiger partial charge is 0.463 e. The van der Waals surface area contributed by atoms with Gasteiger partial charge < -0.3 is 123 Å². The third-order valence-corrected chi connectivity index (χ3v) is 11.3. The number of esters is 1. The highest BCUT2D eigenvalue weighted by Crippen LogP contribution is 2.08. The van der Waals surface area contributed by atoms with Crippen molar-refractivity contribution in [1.29, 1.82) is 0 Å². The Kier molecular flexibility index (Phi) is 75.8. The van der Waals surface area contributed by atoms with Gasteiger partial charge in [0.15, 0.2) is 0 Å². The quantitative estimate of drug-likeness (QED) is 0.0615. The van der Waals surface area contributed by atoms with Gasteiger partial charge in [-0.25, -0.2) is 0 Å². The van der Waals surface area contributed by atoms with E-state index in [1.54, 1.807) is 33.1 Å².